The molecule has 1 aromatic rings. The minimum absolute atomic E-state index is 0.259. The predicted molar refractivity (Wildman–Crippen MR) is 67.3 cm³/mol. The Bertz CT molecular complexity index is 405. The average molecular weight is 254 g/mol. The Labute approximate surface area is 105 Å². The van der Waals surface area contributed by atoms with Gasteiger partial charge in [0.25, 0.3) is 0 Å². The third kappa shape index (κ3) is 2.66. The van der Waals surface area contributed by atoms with E-state index >= 15 is 0 Å². The number of aromatic nitrogens is 1. The fraction of sp³-hybridized carbons (Fsp3) is 0.667. The quantitative estimate of drug-likeness (QED) is 0.890. The average Bonchev–Trinajstić information content (AvgIpc) is 2.82. The monoisotopic (exact) mass is 254 g/mol. The molecule has 94 valence electrons. The number of aliphatic carboxylic acids is 1. The van der Waals surface area contributed by atoms with Crippen LogP contribution in [-0.2, 0) is 11.2 Å². The van der Waals surface area contributed by atoms with Gasteiger partial charge in [-0.25, -0.2) is 4.98 Å². The summed E-state index contributed by atoms with van der Waals surface area (Å²) in [5.41, 5.74) is 2.93. The number of hydrogen-bond donors (Lipinski definition) is 1. The van der Waals surface area contributed by atoms with Crippen molar-refractivity contribution in [3.05, 3.63) is 16.1 Å². The molecule has 1 N–H and O–H groups in total. The van der Waals surface area contributed by atoms with Crippen LogP contribution in [0.5, 0.6) is 0 Å². The molecule has 1 aromatic heterocycles. The van der Waals surface area contributed by atoms with E-state index in [2.05, 4.69) is 9.88 Å². The van der Waals surface area contributed by atoms with Gasteiger partial charge in [0.1, 0.15) is 6.04 Å². The van der Waals surface area contributed by atoms with Gasteiger partial charge in [0, 0.05) is 11.4 Å². The fourth-order valence-electron chi connectivity index (χ4n) is 2.49. The van der Waals surface area contributed by atoms with Crippen molar-refractivity contribution in [3.63, 3.8) is 0 Å². The first-order valence-corrected chi connectivity index (χ1v) is 6.83. The molecule has 1 saturated heterocycles. The summed E-state index contributed by atoms with van der Waals surface area (Å²) in [4.78, 5) is 18.8. The molecule has 0 spiro atoms. The van der Waals surface area contributed by atoms with Gasteiger partial charge in [-0.3, -0.25) is 9.69 Å². The van der Waals surface area contributed by atoms with Crippen molar-refractivity contribution >= 4 is 17.3 Å². The largest absolute Gasteiger partial charge is 0.480 e. The molecule has 2 atom stereocenters. The molecule has 1 fully saturated rings. The SMILES string of the molecule is Cc1ncsc1CCN1CCC(C)C1C(=O)O. The second-order valence-corrected chi connectivity index (χ2v) is 5.64. The minimum Gasteiger partial charge on any atom is -0.480 e. The lowest BCUT2D eigenvalue weighted by Crippen LogP contribution is -2.40. The predicted octanol–water partition coefficient (Wildman–Crippen LogP) is 1.79. The van der Waals surface area contributed by atoms with E-state index in [9.17, 15) is 9.90 Å². The molecule has 0 aliphatic carbocycles. The molecule has 0 saturated carbocycles. The normalized spacial score (nSPS) is 25.3. The number of likely N-dealkylation sites (tertiary alicyclic amines) is 1. The van der Waals surface area contributed by atoms with Gasteiger partial charge in [-0.2, -0.15) is 0 Å². The molecule has 0 amide bonds. The first-order chi connectivity index (χ1) is 8.09. The van der Waals surface area contributed by atoms with E-state index in [1.54, 1.807) is 11.3 Å². The van der Waals surface area contributed by atoms with Gasteiger partial charge in [-0.15, -0.1) is 11.3 Å². The van der Waals surface area contributed by atoms with Gasteiger partial charge in [0.05, 0.1) is 11.2 Å². The van der Waals surface area contributed by atoms with Crippen LogP contribution in [0.2, 0.25) is 0 Å². The summed E-state index contributed by atoms with van der Waals surface area (Å²) < 4.78 is 0. The molecule has 17 heavy (non-hydrogen) atoms. The summed E-state index contributed by atoms with van der Waals surface area (Å²) in [5, 5.41) is 9.21. The van der Waals surface area contributed by atoms with Crippen LogP contribution in [0.15, 0.2) is 5.51 Å². The zero-order valence-electron chi connectivity index (χ0n) is 10.2. The number of carbonyl (C=O) groups is 1. The van der Waals surface area contributed by atoms with Crippen molar-refractivity contribution < 1.29 is 9.90 Å². The van der Waals surface area contributed by atoms with Gasteiger partial charge in [-0.05, 0) is 32.2 Å². The highest BCUT2D eigenvalue weighted by molar-refractivity contribution is 7.09. The lowest BCUT2D eigenvalue weighted by atomic mass is 10.0. The highest BCUT2D eigenvalue weighted by atomic mass is 32.1. The zero-order valence-corrected chi connectivity index (χ0v) is 11.0. The van der Waals surface area contributed by atoms with Gasteiger partial charge >= 0.3 is 5.97 Å². The van der Waals surface area contributed by atoms with E-state index in [4.69, 9.17) is 0 Å². The van der Waals surface area contributed by atoms with Gasteiger partial charge in [-0.1, -0.05) is 6.92 Å². The number of carboxylic acids is 1. The van der Waals surface area contributed by atoms with Crippen LogP contribution >= 0.6 is 11.3 Å². The maximum absolute atomic E-state index is 11.2. The fourth-order valence-corrected chi connectivity index (χ4v) is 3.26. The highest BCUT2D eigenvalue weighted by Crippen LogP contribution is 2.25. The standard InChI is InChI=1S/C12H18N2O2S/c1-8-3-5-14(11(8)12(15)16)6-4-10-9(2)13-7-17-10/h7-8,11H,3-6H2,1-2H3,(H,15,16). The van der Waals surface area contributed by atoms with E-state index in [0.717, 1.165) is 31.6 Å². The molecule has 0 aromatic carbocycles. The molecule has 2 unspecified atom stereocenters. The summed E-state index contributed by atoms with van der Waals surface area (Å²) in [5.74, 6) is -0.425. The van der Waals surface area contributed by atoms with Crippen LogP contribution in [0, 0.1) is 12.8 Å². The van der Waals surface area contributed by atoms with Crippen molar-refractivity contribution in [1.82, 2.24) is 9.88 Å². The van der Waals surface area contributed by atoms with Gasteiger partial charge in [0.2, 0.25) is 0 Å². The van der Waals surface area contributed by atoms with Crippen LogP contribution in [0.1, 0.15) is 23.9 Å². The first kappa shape index (κ1) is 12.5. The van der Waals surface area contributed by atoms with Crippen molar-refractivity contribution in [3.8, 4) is 0 Å². The van der Waals surface area contributed by atoms with Gasteiger partial charge < -0.3 is 5.11 Å². The number of hydrogen-bond acceptors (Lipinski definition) is 4. The van der Waals surface area contributed by atoms with E-state index in [1.807, 2.05) is 19.4 Å². The van der Waals surface area contributed by atoms with Crippen molar-refractivity contribution in [2.45, 2.75) is 32.7 Å². The molecule has 0 bridgehead atoms. The lowest BCUT2D eigenvalue weighted by Gasteiger charge is -2.22. The van der Waals surface area contributed by atoms with E-state index < -0.39 is 5.97 Å². The first-order valence-electron chi connectivity index (χ1n) is 5.95. The smallest absolute Gasteiger partial charge is 0.321 e. The minimum atomic E-state index is -0.684. The number of carboxylic acid groups (broad SMARTS) is 1. The maximum Gasteiger partial charge on any atom is 0.321 e. The molecule has 0 radical (unpaired) electrons. The van der Waals surface area contributed by atoms with Crippen molar-refractivity contribution in [1.29, 1.82) is 0 Å². The molecule has 2 rings (SSSR count). The van der Waals surface area contributed by atoms with Crippen LogP contribution in [-0.4, -0.2) is 40.1 Å². The summed E-state index contributed by atoms with van der Waals surface area (Å²) >= 11 is 1.66. The molecular formula is C12H18N2O2S. The van der Waals surface area contributed by atoms with Crippen LogP contribution < -0.4 is 0 Å². The molecule has 1 aliphatic rings. The van der Waals surface area contributed by atoms with E-state index in [1.165, 1.54) is 4.88 Å². The van der Waals surface area contributed by atoms with Crippen LogP contribution in [0.25, 0.3) is 0 Å². The molecular weight excluding hydrogens is 236 g/mol. The number of thiazole rings is 1. The summed E-state index contributed by atoms with van der Waals surface area (Å²) in [6, 6.07) is -0.303. The number of rotatable bonds is 4. The molecule has 1 aliphatic heterocycles. The number of aryl methyl sites for hydroxylation is 1. The Morgan fingerprint density at radius 2 is 2.47 bits per heavy atom. The summed E-state index contributed by atoms with van der Waals surface area (Å²) in [6.45, 7) is 5.75. The van der Waals surface area contributed by atoms with Crippen LogP contribution in [0.3, 0.4) is 0 Å². The molecule has 4 nitrogen and oxygen atoms in total. The third-order valence-corrected chi connectivity index (χ3v) is 4.52. The Hall–Kier alpha value is -0.940. The lowest BCUT2D eigenvalue weighted by molar-refractivity contribution is -0.143. The Morgan fingerprint density at radius 3 is 3.06 bits per heavy atom. The van der Waals surface area contributed by atoms with E-state index in [0.29, 0.717) is 0 Å². The third-order valence-electron chi connectivity index (χ3n) is 3.53. The second-order valence-electron chi connectivity index (χ2n) is 4.70. The Morgan fingerprint density at radius 1 is 1.71 bits per heavy atom. The summed E-state index contributed by atoms with van der Waals surface area (Å²) in [7, 11) is 0. The molecule has 2 heterocycles. The molecule has 5 heteroatoms. The number of nitrogens with zero attached hydrogens (tertiary/aromatic N) is 2. The van der Waals surface area contributed by atoms with Crippen molar-refractivity contribution in [2.24, 2.45) is 5.92 Å². The van der Waals surface area contributed by atoms with Crippen LogP contribution in [0.4, 0.5) is 0 Å². The Kier molecular flexibility index (Phi) is 3.79. The second kappa shape index (κ2) is 5.14. The van der Waals surface area contributed by atoms with E-state index in [-0.39, 0.29) is 12.0 Å². The maximum atomic E-state index is 11.2. The van der Waals surface area contributed by atoms with Crippen molar-refractivity contribution in [2.75, 3.05) is 13.1 Å². The highest BCUT2D eigenvalue weighted by Gasteiger charge is 2.36. The Balaban J connectivity index is 1.95. The topological polar surface area (TPSA) is 53.4 Å². The van der Waals surface area contributed by atoms with Gasteiger partial charge in [0.15, 0.2) is 0 Å². The zero-order chi connectivity index (χ0) is 12.4. The summed E-state index contributed by atoms with van der Waals surface area (Å²) in [6.07, 6.45) is 1.89.